The van der Waals surface area contributed by atoms with Crippen molar-refractivity contribution in [3.8, 4) is 11.5 Å². The number of nitrogens with one attached hydrogen (secondary N) is 2. The molecule has 1 aromatic heterocycles. The van der Waals surface area contributed by atoms with Crippen LogP contribution in [0.25, 0.3) is 0 Å². The van der Waals surface area contributed by atoms with Gasteiger partial charge in [0.15, 0.2) is 16.6 Å². The average molecular weight is 678 g/mol. The first-order valence-electron chi connectivity index (χ1n) is 12.5. The summed E-state index contributed by atoms with van der Waals surface area (Å²) < 4.78 is 51.0. The molecule has 0 aliphatic carbocycles. The number of halogens is 4. The smallest absolute Gasteiger partial charge is 0.416 e. The number of hydrazone groups is 1. The van der Waals surface area contributed by atoms with E-state index in [4.69, 9.17) is 9.47 Å². The number of nitro benzene ring substituents is 1. The number of ether oxygens (including phenoxy) is 2. The summed E-state index contributed by atoms with van der Waals surface area (Å²) in [6.45, 7) is 2.32. The van der Waals surface area contributed by atoms with E-state index in [1.807, 2.05) is 6.92 Å². The number of rotatable bonds is 12. The van der Waals surface area contributed by atoms with Crippen LogP contribution >= 0.6 is 27.3 Å². The monoisotopic (exact) mass is 677 g/mol. The Morgan fingerprint density at radius 2 is 1.93 bits per heavy atom. The molecule has 1 amide bonds. The lowest BCUT2D eigenvalue weighted by Crippen LogP contribution is -2.20. The number of amides is 1. The van der Waals surface area contributed by atoms with E-state index in [0.29, 0.717) is 39.0 Å². The van der Waals surface area contributed by atoms with Gasteiger partial charge in [0, 0.05) is 23.2 Å². The number of carbonyl (C=O) groups is 1. The minimum Gasteiger partial charge on any atom is -0.490 e. The molecular formula is C28H23BrF3N5O5S. The minimum absolute atomic E-state index is 0.0157. The second-order valence-corrected chi connectivity index (χ2v) is 10.5. The standard InChI is InChI=1S/C28H23BrF3N5O5S/c1-2-41-24-11-18(10-23(29)26(24)42-15-17-6-8-22(9-7-17)37(39)40)14-33-36-25(38)13-21-16-43-27(35-21)34-20-5-3-4-19(12-20)28(30,31)32/h3-12,14,16H,2,13,15H2,1H3,(H,34,35)(H,36,38)/b33-14-. The molecule has 15 heteroatoms. The van der Waals surface area contributed by atoms with Crippen LogP contribution in [-0.2, 0) is 24.0 Å². The van der Waals surface area contributed by atoms with Gasteiger partial charge in [-0.15, -0.1) is 11.3 Å². The second kappa shape index (κ2) is 14.1. The summed E-state index contributed by atoms with van der Waals surface area (Å²) in [7, 11) is 0. The predicted molar refractivity (Wildman–Crippen MR) is 159 cm³/mol. The molecule has 0 unspecified atom stereocenters. The van der Waals surface area contributed by atoms with Crippen molar-refractivity contribution in [2.45, 2.75) is 26.1 Å². The summed E-state index contributed by atoms with van der Waals surface area (Å²) in [6, 6.07) is 14.2. The minimum atomic E-state index is -4.46. The highest BCUT2D eigenvalue weighted by Crippen LogP contribution is 2.37. The van der Waals surface area contributed by atoms with E-state index in [1.165, 1.54) is 30.5 Å². The van der Waals surface area contributed by atoms with Crippen molar-refractivity contribution in [2.75, 3.05) is 11.9 Å². The molecule has 0 saturated carbocycles. The Balaban J connectivity index is 1.34. The van der Waals surface area contributed by atoms with Crippen molar-refractivity contribution < 1.29 is 32.4 Å². The Bertz CT molecular complexity index is 1630. The highest BCUT2D eigenvalue weighted by Gasteiger charge is 2.30. The number of nitrogens with zero attached hydrogens (tertiary/aromatic N) is 3. The third-order valence-electron chi connectivity index (χ3n) is 5.60. The molecule has 4 aromatic rings. The highest BCUT2D eigenvalue weighted by molar-refractivity contribution is 9.10. The predicted octanol–water partition coefficient (Wildman–Crippen LogP) is 7.25. The van der Waals surface area contributed by atoms with Crippen molar-refractivity contribution in [3.05, 3.63) is 103 Å². The van der Waals surface area contributed by atoms with Crippen LogP contribution in [-0.4, -0.2) is 28.6 Å². The topological polar surface area (TPSA) is 128 Å². The molecule has 2 N–H and O–H groups in total. The van der Waals surface area contributed by atoms with Crippen molar-refractivity contribution in [1.29, 1.82) is 0 Å². The zero-order chi connectivity index (χ0) is 31.0. The molecule has 0 atom stereocenters. The van der Waals surface area contributed by atoms with E-state index >= 15 is 0 Å². The molecule has 1 heterocycles. The molecule has 0 fully saturated rings. The second-order valence-electron chi connectivity index (χ2n) is 8.79. The molecule has 4 rings (SSSR count). The number of benzene rings is 3. The Kier molecular flexibility index (Phi) is 10.3. The average Bonchev–Trinajstić information content (AvgIpc) is 3.39. The summed E-state index contributed by atoms with van der Waals surface area (Å²) in [5, 5.41) is 19.6. The van der Waals surface area contributed by atoms with Crippen LogP contribution in [0.15, 0.2) is 75.6 Å². The molecule has 224 valence electrons. The maximum Gasteiger partial charge on any atom is 0.416 e. The van der Waals surface area contributed by atoms with Gasteiger partial charge in [0.2, 0.25) is 5.91 Å². The van der Waals surface area contributed by atoms with Crippen molar-refractivity contribution in [2.24, 2.45) is 5.10 Å². The van der Waals surface area contributed by atoms with Gasteiger partial charge in [-0.05, 0) is 76.4 Å². The summed E-state index contributed by atoms with van der Waals surface area (Å²) >= 11 is 4.62. The molecule has 0 radical (unpaired) electrons. The number of thiazole rings is 1. The number of carbonyl (C=O) groups excluding carboxylic acids is 1. The molecule has 0 aliphatic rings. The molecule has 0 saturated heterocycles. The van der Waals surface area contributed by atoms with Crippen LogP contribution in [0.5, 0.6) is 11.5 Å². The van der Waals surface area contributed by atoms with Gasteiger partial charge in [0.1, 0.15) is 6.61 Å². The fourth-order valence-corrected chi connectivity index (χ4v) is 4.96. The highest BCUT2D eigenvalue weighted by atomic mass is 79.9. The summed E-state index contributed by atoms with van der Waals surface area (Å²) in [6.07, 6.45) is -3.13. The normalized spacial score (nSPS) is 11.4. The van der Waals surface area contributed by atoms with Gasteiger partial charge in [-0.3, -0.25) is 14.9 Å². The van der Waals surface area contributed by atoms with Crippen LogP contribution in [0, 0.1) is 10.1 Å². The maximum atomic E-state index is 12.9. The first-order chi connectivity index (χ1) is 20.5. The number of hydrogen-bond donors (Lipinski definition) is 2. The summed E-state index contributed by atoms with van der Waals surface area (Å²) in [5.74, 6) is 0.411. The van der Waals surface area contributed by atoms with Gasteiger partial charge < -0.3 is 14.8 Å². The molecule has 0 aliphatic heterocycles. The third kappa shape index (κ3) is 8.99. The summed E-state index contributed by atoms with van der Waals surface area (Å²) in [4.78, 5) is 27.0. The Labute approximate surface area is 255 Å². The number of nitro groups is 1. The summed E-state index contributed by atoms with van der Waals surface area (Å²) in [5.41, 5.74) is 3.60. The lowest BCUT2D eigenvalue weighted by molar-refractivity contribution is -0.384. The third-order valence-corrected chi connectivity index (χ3v) is 7.00. The van der Waals surface area contributed by atoms with E-state index in [9.17, 15) is 28.1 Å². The van der Waals surface area contributed by atoms with E-state index in [0.717, 1.165) is 29.0 Å². The molecule has 0 spiro atoms. The Morgan fingerprint density at radius 3 is 2.63 bits per heavy atom. The number of anilines is 2. The number of non-ortho nitro benzene ring substituents is 1. The molecule has 43 heavy (non-hydrogen) atoms. The lowest BCUT2D eigenvalue weighted by Gasteiger charge is -2.14. The van der Waals surface area contributed by atoms with Crippen LogP contribution in [0.3, 0.4) is 0 Å². The van der Waals surface area contributed by atoms with Gasteiger partial charge in [-0.1, -0.05) is 6.07 Å². The number of aromatic nitrogens is 1. The largest absolute Gasteiger partial charge is 0.490 e. The van der Waals surface area contributed by atoms with Crippen LogP contribution in [0.1, 0.15) is 29.3 Å². The first-order valence-corrected chi connectivity index (χ1v) is 14.2. The van der Waals surface area contributed by atoms with Gasteiger partial charge in [0.05, 0.1) is 39.9 Å². The van der Waals surface area contributed by atoms with Crippen LogP contribution in [0.4, 0.5) is 29.7 Å². The maximum absolute atomic E-state index is 12.9. The molecule has 0 bridgehead atoms. The van der Waals surface area contributed by atoms with Crippen molar-refractivity contribution in [3.63, 3.8) is 0 Å². The Hall–Kier alpha value is -4.50. The SMILES string of the molecule is CCOc1cc(/C=N\NC(=O)Cc2csc(Nc3cccc(C(F)(F)F)c3)n2)cc(Br)c1OCc1ccc([N+](=O)[O-])cc1. The zero-order valence-corrected chi connectivity index (χ0v) is 24.8. The van der Waals surface area contributed by atoms with Gasteiger partial charge >= 0.3 is 6.18 Å². The van der Waals surface area contributed by atoms with Crippen molar-refractivity contribution in [1.82, 2.24) is 10.4 Å². The van der Waals surface area contributed by atoms with Crippen LogP contribution in [0.2, 0.25) is 0 Å². The van der Waals surface area contributed by atoms with E-state index < -0.39 is 22.6 Å². The lowest BCUT2D eigenvalue weighted by atomic mass is 10.2. The Morgan fingerprint density at radius 1 is 1.16 bits per heavy atom. The van der Waals surface area contributed by atoms with E-state index in [-0.39, 0.29) is 24.4 Å². The van der Waals surface area contributed by atoms with Gasteiger partial charge in [-0.2, -0.15) is 18.3 Å². The quantitative estimate of drug-likeness (QED) is 0.0918. The molecule has 10 nitrogen and oxygen atoms in total. The molecular weight excluding hydrogens is 655 g/mol. The van der Waals surface area contributed by atoms with Crippen molar-refractivity contribution >= 4 is 55.9 Å². The van der Waals surface area contributed by atoms with E-state index in [2.05, 4.69) is 36.8 Å². The molecule has 3 aromatic carbocycles. The van der Waals surface area contributed by atoms with Gasteiger partial charge in [-0.25, -0.2) is 10.4 Å². The van der Waals surface area contributed by atoms with E-state index in [1.54, 1.807) is 29.6 Å². The number of alkyl halides is 3. The van der Waals surface area contributed by atoms with Crippen LogP contribution < -0.4 is 20.2 Å². The van der Waals surface area contributed by atoms with Gasteiger partial charge in [0.25, 0.3) is 5.69 Å². The fourth-order valence-electron chi connectivity index (χ4n) is 3.66. The fraction of sp³-hybridized carbons (Fsp3) is 0.179. The number of hydrogen-bond acceptors (Lipinski definition) is 9. The zero-order valence-electron chi connectivity index (χ0n) is 22.4. The first kappa shape index (κ1) is 31.4.